The first-order valence-electron chi connectivity index (χ1n) is 8.79. The number of nitrogens with zero attached hydrogens (tertiary/aromatic N) is 1. The Kier molecular flexibility index (Phi) is 4.95. The second kappa shape index (κ2) is 7.00. The predicted octanol–water partition coefficient (Wildman–Crippen LogP) is 3.18. The fourth-order valence-electron chi connectivity index (χ4n) is 3.26. The molecule has 1 aromatic carbocycles. The van der Waals surface area contributed by atoms with Gasteiger partial charge in [0.1, 0.15) is 5.60 Å². The first kappa shape index (κ1) is 17.7. The Hall–Kier alpha value is -2.14. The zero-order valence-electron chi connectivity index (χ0n) is 15.1. The highest BCUT2D eigenvalue weighted by Gasteiger charge is 2.34. The summed E-state index contributed by atoms with van der Waals surface area (Å²) in [5, 5.41) is 0. The Morgan fingerprint density at radius 3 is 2.64 bits per heavy atom. The molecule has 134 valence electrons. The van der Waals surface area contributed by atoms with Crippen molar-refractivity contribution in [3.05, 3.63) is 35.9 Å². The summed E-state index contributed by atoms with van der Waals surface area (Å²) in [5.41, 5.74) is 1.49. The molecule has 0 saturated carbocycles. The van der Waals surface area contributed by atoms with Crippen LogP contribution in [0.15, 0.2) is 30.3 Å². The van der Waals surface area contributed by atoms with Crippen LogP contribution in [0.25, 0.3) is 5.57 Å². The highest BCUT2D eigenvalue weighted by molar-refractivity contribution is 6.34. The molecule has 0 aliphatic carbocycles. The van der Waals surface area contributed by atoms with Crippen LogP contribution >= 0.6 is 0 Å². The number of amides is 1. The van der Waals surface area contributed by atoms with Gasteiger partial charge in [-0.15, -0.1) is 0 Å². The molecule has 0 atom stereocenters. The molecular weight excluding hydrogens is 318 g/mol. The summed E-state index contributed by atoms with van der Waals surface area (Å²) in [7, 11) is 0. The van der Waals surface area contributed by atoms with Crippen LogP contribution in [0.2, 0.25) is 0 Å². The van der Waals surface area contributed by atoms with E-state index in [0.717, 1.165) is 37.3 Å². The molecule has 1 aromatic rings. The third-order valence-electron chi connectivity index (χ3n) is 4.41. The largest absolute Gasteiger partial charge is 0.457 e. The number of hydrogen-bond donors (Lipinski definition) is 0. The average Bonchev–Trinajstić information content (AvgIpc) is 2.80. The number of benzene rings is 1. The van der Waals surface area contributed by atoms with E-state index >= 15 is 0 Å². The molecule has 0 N–H and O–H groups in total. The maximum atomic E-state index is 13.0. The van der Waals surface area contributed by atoms with Crippen LogP contribution in [0, 0.1) is 5.92 Å². The summed E-state index contributed by atoms with van der Waals surface area (Å²) in [4.78, 5) is 26.9. The van der Waals surface area contributed by atoms with Gasteiger partial charge in [-0.2, -0.15) is 0 Å². The highest BCUT2D eigenvalue weighted by Crippen LogP contribution is 2.37. The van der Waals surface area contributed by atoms with Gasteiger partial charge in [-0.25, -0.2) is 4.79 Å². The third kappa shape index (κ3) is 4.10. The lowest BCUT2D eigenvalue weighted by molar-refractivity contribution is -0.148. The van der Waals surface area contributed by atoms with E-state index in [4.69, 9.17) is 9.47 Å². The van der Waals surface area contributed by atoms with Crippen molar-refractivity contribution in [2.75, 3.05) is 24.7 Å². The molecule has 25 heavy (non-hydrogen) atoms. The number of para-hydroxylation sites is 1. The lowest BCUT2D eigenvalue weighted by atomic mass is 10.00. The van der Waals surface area contributed by atoms with E-state index < -0.39 is 11.6 Å². The van der Waals surface area contributed by atoms with Gasteiger partial charge in [0.2, 0.25) is 0 Å². The van der Waals surface area contributed by atoms with Crippen molar-refractivity contribution in [1.82, 2.24) is 0 Å². The zero-order valence-corrected chi connectivity index (χ0v) is 15.1. The molecule has 2 aliphatic rings. The van der Waals surface area contributed by atoms with Crippen molar-refractivity contribution < 1.29 is 19.1 Å². The number of rotatable bonds is 3. The number of esters is 1. The molecule has 5 nitrogen and oxygen atoms in total. The summed E-state index contributed by atoms with van der Waals surface area (Å²) in [6.07, 6.45) is 3.24. The quantitative estimate of drug-likeness (QED) is 0.625. The number of anilines is 1. The monoisotopic (exact) mass is 343 g/mol. The van der Waals surface area contributed by atoms with Crippen LogP contribution in [0.1, 0.15) is 39.2 Å². The maximum absolute atomic E-state index is 13.0. The predicted molar refractivity (Wildman–Crippen MR) is 96.2 cm³/mol. The first-order chi connectivity index (χ1) is 11.8. The smallest absolute Gasteiger partial charge is 0.332 e. The number of carbonyl (C=O) groups is 2. The third-order valence-corrected chi connectivity index (χ3v) is 4.41. The number of hydrogen-bond acceptors (Lipinski definition) is 4. The Morgan fingerprint density at radius 2 is 1.96 bits per heavy atom. The fourth-order valence-corrected chi connectivity index (χ4v) is 3.26. The molecule has 2 aliphatic heterocycles. The molecule has 0 aromatic heterocycles. The van der Waals surface area contributed by atoms with Crippen LogP contribution in [0.4, 0.5) is 5.69 Å². The van der Waals surface area contributed by atoms with E-state index in [9.17, 15) is 9.59 Å². The molecule has 1 amide bonds. The van der Waals surface area contributed by atoms with Gasteiger partial charge < -0.3 is 14.4 Å². The molecule has 0 bridgehead atoms. The van der Waals surface area contributed by atoms with Crippen LogP contribution in [-0.4, -0.2) is 37.2 Å². The van der Waals surface area contributed by atoms with Crippen LogP contribution < -0.4 is 4.90 Å². The molecular formula is C20H25NO4. The molecule has 3 rings (SSSR count). The Labute approximate surface area is 148 Å². The lowest BCUT2D eigenvalue weighted by Crippen LogP contribution is -2.34. The molecule has 0 unspecified atom stereocenters. The van der Waals surface area contributed by atoms with Crippen molar-refractivity contribution in [2.45, 2.75) is 39.2 Å². The van der Waals surface area contributed by atoms with Crippen molar-refractivity contribution in [3.8, 4) is 0 Å². The van der Waals surface area contributed by atoms with Gasteiger partial charge >= 0.3 is 5.97 Å². The topological polar surface area (TPSA) is 55.8 Å². The summed E-state index contributed by atoms with van der Waals surface area (Å²) < 4.78 is 10.8. The van der Waals surface area contributed by atoms with Crippen LogP contribution in [0.5, 0.6) is 0 Å². The van der Waals surface area contributed by atoms with Crippen LogP contribution in [-0.2, 0) is 19.1 Å². The van der Waals surface area contributed by atoms with Crippen molar-refractivity contribution in [3.63, 3.8) is 0 Å². The highest BCUT2D eigenvalue weighted by atomic mass is 16.6. The van der Waals surface area contributed by atoms with Gasteiger partial charge in [-0.3, -0.25) is 4.79 Å². The van der Waals surface area contributed by atoms with E-state index in [-0.39, 0.29) is 5.91 Å². The Balaban J connectivity index is 1.85. The minimum atomic E-state index is -0.586. The molecule has 1 fully saturated rings. The van der Waals surface area contributed by atoms with E-state index in [0.29, 0.717) is 18.0 Å². The van der Waals surface area contributed by atoms with Crippen molar-refractivity contribution >= 4 is 23.1 Å². The van der Waals surface area contributed by atoms with Gasteiger partial charge in [-0.05, 0) is 45.6 Å². The second-order valence-electron chi connectivity index (χ2n) is 7.58. The first-order valence-corrected chi connectivity index (χ1v) is 8.79. The molecule has 0 radical (unpaired) electrons. The summed E-state index contributed by atoms with van der Waals surface area (Å²) >= 11 is 0. The second-order valence-corrected chi connectivity index (χ2v) is 7.58. The fraction of sp³-hybridized carbons (Fsp3) is 0.500. The normalized spacial score (nSPS) is 20.0. The van der Waals surface area contributed by atoms with E-state index in [1.807, 2.05) is 45.0 Å². The average molecular weight is 343 g/mol. The maximum Gasteiger partial charge on any atom is 0.332 e. The number of carbonyl (C=O) groups excluding carboxylic acids is 2. The van der Waals surface area contributed by atoms with E-state index in [1.165, 1.54) is 6.08 Å². The zero-order chi connectivity index (χ0) is 18.0. The van der Waals surface area contributed by atoms with Gasteiger partial charge in [0.25, 0.3) is 5.91 Å². The van der Waals surface area contributed by atoms with Crippen LogP contribution in [0.3, 0.4) is 0 Å². The Bertz CT molecular complexity index is 696. The van der Waals surface area contributed by atoms with Crippen molar-refractivity contribution in [1.29, 1.82) is 0 Å². The molecule has 5 heteroatoms. The summed E-state index contributed by atoms with van der Waals surface area (Å²) in [6.45, 7) is 7.58. The van der Waals surface area contributed by atoms with Gasteiger partial charge in [0.05, 0.1) is 11.3 Å². The SMILES string of the molecule is CC(C)(C)OC(=O)/C=C1/C(=O)N(CC2CCOCC2)c2ccccc21. The van der Waals surface area contributed by atoms with E-state index in [1.54, 1.807) is 4.90 Å². The number of ether oxygens (including phenoxy) is 2. The summed E-state index contributed by atoms with van der Waals surface area (Å²) in [5.74, 6) is -0.191. The van der Waals surface area contributed by atoms with Gasteiger partial charge in [-0.1, -0.05) is 18.2 Å². The van der Waals surface area contributed by atoms with Crippen molar-refractivity contribution in [2.24, 2.45) is 5.92 Å². The Morgan fingerprint density at radius 1 is 1.28 bits per heavy atom. The molecule has 2 heterocycles. The lowest BCUT2D eigenvalue weighted by Gasteiger charge is -2.27. The minimum absolute atomic E-state index is 0.126. The minimum Gasteiger partial charge on any atom is -0.457 e. The molecule has 0 spiro atoms. The van der Waals surface area contributed by atoms with E-state index in [2.05, 4.69) is 0 Å². The molecule has 1 saturated heterocycles. The van der Waals surface area contributed by atoms with Gasteiger partial charge in [0.15, 0.2) is 0 Å². The number of fused-ring (bicyclic) bond motifs is 1. The standard InChI is InChI=1S/C20H25NO4/c1-20(2,3)25-18(22)12-16-15-6-4-5-7-17(15)21(19(16)23)13-14-8-10-24-11-9-14/h4-7,12,14H,8-11,13H2,1-3H3/b16-12+. The summed E-state index contributed by atoms with van der Waals surface area (Å²) in [6, 6.07) is 7.61. The van der Waals surface area contributed by atoms with Gasteiger partial charge in [0, 0.05) is 31.4 Å².